The highest BCUT2D eigenvalue weighted by Crippen LogP contribution is 2.25. The molecule has 8 heteroatoms. The van der Waals surface area contributed by atoms with Crippen molar-refractivity contribution in [3.05, 3.63) is 34.9 Å². The Kier molecular flexibility index (Phi) is 9.26. The second-order valence-electron chi connectivity index (χ2n) is 10.1. The number of amides is 3. The van der Waals surface area contributed by atoms with Gasteiger partial charge in [0.05, 0.1) is 6.61 Å². The topological polar surface area (TPSA) is 108 Å². The minimum Gasteiger partial charge on any atom is -0.444 e. The van der Waals surface area contributed by atoms with Crippen molar-refractivity contribution in [1.29, 1.82) is 0 Å². The van der Waals surface area contributed by atoms with Gasteiger partial charge in [-0.3, -0.25) is 9.59 Å². The quantitative estimate of drug-likeness (QED) is 0.593. The second kappa shape index (κ2) is 10.8. The van der Waals surface area contributed by atoms with Gasteiger partial charge in [-0.25, -0.2) is 4.79 Å². The van der Waals surface area contributed by atoms with Crippen LogP contribution in [0.4, 0.5) is 4.79 Å². The van der Waals surface area contributed by atoms with Crippen LogP contribution in [-0.4, -0.2) is 58.2 Å². The largest absolute Gasteiger partial charge is 0.444 e. The fourth-order valence-electron chi connectivity index (χ4n) is 3.11. The molecular weight excluding hydrogens is 410 g/mol. The van der Waals surface area contributed by atoms with Gasteiger partial charge in [-0.05, 0) is 79.0 Å². The third kappa shape index (κ3) is 8.49. The molecule has 0 aromatic heterocycles. The van der Waals surface area contributed by atoms with E-state index in [2.05, 4.69) is 10.6 Å². The van der Waals surface area contributed by atoms with E-state index in [0.29, 0.717) is 5.56 Å². The van der Waals surface area contributed by atoms with E-state index < -0.39 is 35.2 Å². The molecule has 32 heavy (non-hydrogen) atoms. The number of nitrogens with one attached hydrogen (secondary N) is 2. The Bertz CT molecular complexity index is 824. The SMILES string of the molecule is Cc1ccc(C(C(=O)NC(C)(C)C)N(CCO)C(=O)C(C)NC(=O)OC(C)(C)C)cc1C. The van der Waals surface area contributed by atoms with Crippen LogP contribution < -0.4 is 10.6 Å². The lowest BCUT2D eigenvalue weighted by Gasteiger charge is -2.35. The predicted octanol–water partition coefficient (Wildman–Crippen LogP) is 2.99. The minimum absolute atomic E-state index is 0.0751. The summed E-state index contributed by atoms with van der Waals surface area (Å²) in [6.45, 7) is 15.7. The van der Waals surface area contributed by atoms with Crippen LogP contribution in [0.3, 0.4) is 0 Å². The lowest BCUT2D eigenvalue weighted by molar-refractivity contribution is -0.143. The molecular formula is C24H39N3O5. The Hall–Kier alpha value is -2.61. The Morgan fingerprint density at radius 3 is 2.12 bits per heavy atom. The molecule has 0 radical (unpaired) electrons. The molecule has 3 N–H and O–H groups in total. The number of benzene rings is 1. The zero-order chi connectivity index (χ0) is 24.9. The summed E-state index contributed by atoms with van der Waals surface area (Å²) in [6, 6.07) is 3.63. The maximum absolute atomic E-state index is 13.3. The Balaban J connectivity index is 3.33. The molecule has 0 fully saturated rings. The van der Waals surface area contributed by atoms with Gasteiger partial charge in [0.25, 0.3) is 0 Å². The van der Waals surface area contributed by atoms with Gasteiger partial charge in [-0.2, -0.15) is 0 Å². The normalized spacial score (nSPS) is 13.7. The Morgan fingerprint density at radius 1 is 1.06 bits per heavy atom. The molecule has 0 aliphatic heterocycles. The first-order chi connectivity index (χ1) is 14.6. The number of aliphatic hydroxyl groups is 1. The number of ether oxygens (including phenoxy) is 1. The van der Waals surface area contributed by atoms with Crippen molar-refractivity contribution in [2.45, 2.75) is 85.5 Å². The molecule has 0 aliphatic rings. The van der Waals surface area contributed by atoms with Crippen LogP contribution in [0.25, 0.3) is 0 Å². The number of carbonyl (C=O) groups excluding carboxylic acids is 3. The fraction of sp³-hybridized carbons (Fsp3) is 0.625. The monoisotopic (exact) mass is 449 g/mol. The maximum atomic E-state index is 13.3. The van der Waals surface area contributed by atoms with Crippen molar-refractivity contribution >= 4 is 17.9 Å². The molecule has 1 rings (SSSR count). The van der Waals surface area contributed by atoms with Gasteiger partial charge in [-0.15, -0.1) is 0 Å². The highest BCUT2D eigenvalue weighted by molar-refractivity contribution is 5.92. The van der Waals surface area contributed by atoms with Gasteiger partial charge < -0.3 is 25.4 Å². The summed E-state index contributed by atoms with van der Waals surface area (Å²) in [5.74, 6) is -0.871. The van der Waals surface area contributed by atoms with Crippen molar-refractivity contribution in [2.75, 3.05) is 13.2 Å². The van der Waals surface area contributed by atoms with Crippen LogP contribution in [0.2, 0.25) is 0 Å². The predicted molar refractivity (Wildman–Crippen MR) is 124 cm³/mol. The van der Waals surface area contributed by atoms with E-state index in [4.69, 9.17) is 4.74 Å². The molecule has 2 atom stereocenters. The van der Waals surface area contributed by atoms with Crippen LogP contribution >= 0.6 is 0 Å². The lowest BCUT2D eigenvalue weighted by Crippen LogP contribution is -2.54. The average Bonchev–Trinajstić information content (AvgIpc) is 2.60. The molecule has 1 aromatic rings. The van der Waals surface area contributed by atoms with Crippen molar-refractivity contribution in [1.82, 2.24) is 15.5 Å². The zero-order valence-corrected chi connectivity index (χ0v) is 20.8. The highest BCUT2D eigenvalue weighted by Gasteiger charge is 2.35. The standard InChI is InChI=1S/C24H39N3O5/c1-15-10-11-18(14-16(15)2)19(20(29)26-23(4,5)6)27(12-13-28)21(30)17(3)25-22(31)32-24(7,8)9/h10-11,14,17,19,28H,12-13H2,1-9H3,(H,25,31)(H,26,29). The van der Waals surface area contributed by atoms with Gasteiger partial charge in [-0.1, -0.05) is 18.2 Å². The molecule has 180 valence electrons. The van der Waals surface area contributed by atoms with Gasteiger partial charge in [0.2, 0.25) is 11.8 Å². The summed E-state index contributed by atoms with van der Waals surface area (Å²) in [5.41, 5.74) is 1.42. The first-order valence-electron chi connectivity index (χ1n) is 10.9. The molecule has 2 unspecified atom stereocenters. The molecule has 0 saturated carbocycles. The molecule has 0 bridgehead atoms. The van der Waals surface area contributed by atoms with Crippen LogP contribution in [0.5, 0.6) is 0 Å². The van der Waals surface area contributed by atoms with Crippen LogP contribution in [-0.2, 0) is 14.3 Å². The van der Waals surface area contributed by atoms with Crippen molar-refractivity contribution in [3.8, 4) is 0 Å². The molecule has 8 nitrogen and oxygen atoms in total. The van der Waals surface area contributed by atoms with Crippen LogP contribution in [0.1, 0.15) is 71.2 Å². The molecule has 0 heterocycles. The maximum Gasteiger partial charge on any atom is 0.408 e. The minimum atomic E-state index is -0.976. The van der Waals surface area contributed by atoms with E-state index in [-0.39, 0.29) is 19.1 Å². The summed E-state index contributed by atoms with van der Waals surface area (Å²) in [7, 11) is 0. The van der Waals surface area contributed by atoms with E-state index in [1.54, 1.807) is 26.8 Å². The number of aliphatic hydroxyl groups excluding tert-OH is 1. The number of carbonyl (C=O) groups is 3. The highest BCUT2D eigenvalue weighted by atomic mass is 16.6. The smallest absolute Gasteiger partial charge is 0.408 e. The van der Waals surface area contributed by atoms with E-state index >= 15 is 0 Å². The van der Waals surface area contributed by atoms with Gasteiger partial charge >= 0.3 is 6.09 Å². The molecule has 0 saturated heterocycles. The fourth-order valence-corrected chi connectivity index (χ4v) is 3.11. The first-order valence-corrected chi connectivity index (χ1v) is 10.9. The number of nitrogens with zero attached hydrogens (tertiary/aromatic N) is 1. The molecule has 0 aliphatic carbocycles. The van der Waals surface area contributed by atoms with Gasteiger partial charge in [0, 0.05) is 12.1 Å². The van der Waals surface area contributed by atoms with Crippen molar-refractivity contribution in [3.63, 3.8) is 0 Å². The number of hydrogen-bond acceptors (Lipinski definition) is 5. The molecule has 0 spiro atoms. The van der Waals surface area contributed by atoms with Crippen LogP contribution in [0.15, 0.2) is 18.2 Å². The Morgan fingerprint density at radius 2 is 1.66 bits per heavy atom. The first kappa shape index (κ1) is 27.4. The van der Waals surface area contributed by atoms with E-state index in [9.17, 15) is 19.5 Å². The number of rotatable bonds is 7. The summed E-state index contributed by atoms with van der Waals surface area (Å²) in [4.78, 5) is 40.1. The molecule has 3 amide bonds. The van der Waals surface area contributed by atoms with Crippen molar-refractivity contribution in [2.24, 2.45) is 0 Å². The van der Waals surface area contributed by atoms with Gasteiger partial charge in [0.1, 0.15) is 17.7 Å². The van der Waals surface area contributed by atoms with E-state index in [1.807, 2.05) is 46.8 Å². The number of alkyl carbamates (subject to hydrolysis) is 1. The number of hydrogen-bond donors (Lipinski definition) is 3. The summed E-state index contributed by atoms with van der Waals surface area (Å²) >= 11 is 0. The summed E-state index contributed by atoms with van der Waals surface area (Å²) in [6.07, 6.45) is -0.732. The second-order valence-corrected chi connectivity index (χ2v) is 10.1. The Labute approximate surface area is 191 Å². The molecule has 1 aromatic carbocycles. The number of aryl methyl sites for hydroxylation is 2. The third-order valence-corrected chi connectivity index (χ3v) is 4.63. The van der Waals surface area contributed by atoms with E-state index in [1.165, 1.54) is 11.8 Å². The summed E-state index contributed by atoms with van der Waals surface area (Å²) in [5, 5.41) is 15.1. The summed E-state index contributed by atoms with van der Waals surface area (Å²) < 4.78 is 5.24. The van der Waals surface area contributed by atoms with Gasteiger partial charge in [0.15, 0.2) is 0 Å². The van der Waals surface area contributed by atoms with Crippen LogP contribution in [0, 0.1) is 13.8 Å². The lowest BCUT2D eigenvalue weighted by atomic mass is 9.97. The zero-order valence-electron chi connectivity index (χ0n) is 20.8. The van der Waals surface area contributed by atoms with Crippen molar-refractivity contribution < 1.29 is 24.2 Å². The average molecular weight is 450 g/mol. The van der Waals surface area contributed by atoms with E-state index in [0.717, 1.165) is 11.1 Å². The third-order valence-electron chi connectivity index (χ3n) is 4.63.